The largest absolute Gasteiger partial charge is 0.472 e. The number of para-hydroxylation sites is 1. The first-order valence-corrected chi connectivity index (χ1v) is 14.9. The first-order valence-electron chi connectivity index (χ1n) is 14.9. The number of aromatic nitrogens is 1. The number of amides is 1. The van der Waals surface area contributed by atoms with Gasteiger partial charge in [-0.1, -0.05) is 64.5 Å². The summed E-state index contributed by atoms with van der Waals surface area (Å²) in [5.41, 5.74) is 2.30. The summed E-state index contributed by atoms with van der Waals surface area (Å²) in [7, 11) is 1.32. The van der Waals surface area contributed by atoms with E-state index in [4.69, 9.17) is 19.2 Å². The number of carbonyl (C=O) groups is 3. The normalized spacial score (nSPS) is 27.5. The van der Waals surface area contributed by atoms with Gasteiger partial charge in [-0.3, -0.25) is 9.59 Å². The van der Waals surface area contributed by atoms with Crippen LogP contribution in [0, 0.1) is 17.3 Å². The van der Waals surface area contributed by atoms with Crippen LogP contribution in [-0.2, 0) is 30.3 Å². The van der Waals surface area contributed by atoms with E-state index in [-0.39, 0.29) is 37.4 Å². The van der Waals surface area contributed by atoms with Crippen molar-refractivity contribution in [2.45, 2.75) is 90.4 Å². The molecule has 8 nitrogen and oxygen atoms in total. The molecule has 1 aliphatic carbocycles. The molecule has 1 aromatic heterocycles. The quantitative estimate of drug-likeness (QED) is 0.446. The predicted octanol–water partition coefficient (Wildman–Crippen LogP) is 5.50. The van der Waals surface area contributed by atoms with E-state index in [1.165, 1.54) is 12.0 Å². The van der Waals surface area contributed by atoms with E-state index in [0.29, 0.717) is 11.8 Å². The summed E-state index contributed by atoms with van der Waals surface area (Å²) in [6.07, 6.45) is 7.33. The monoisotopic (exact) mass is 562 g/mol. The number of rotatable bonds is 2. The molecule has 2 aliphatic heterocycles. The zero-order valence-electron chi connectivity index (χ0n) is 24.7. The molecule has 0 radical (unpaired) electrons. The van der Waals surface area contributed by atoms with Crippen molar-refractivity contribution in [2.75, 3.05) is 13.7 Å². The molecule has 1 amide bonds. The highest BCUT2D eigenvalue weighted by molar-refractivity contribution is 5.91. The van der Waals surface area contributed by atoms with Gasteiger partial charge in [0, 0.05) is 17.4 Å². The van der Waals surface area contributed by atoms with E-state index in [1.54, 1.807) is 0 Å². The zero-order valence-corrected chi connectivity index (χ0v) is 24.7. The molecule has 5 atom stereocenters. The highest BCUT2D eigenvalue weighted by Gasteiger charge is 2.47. The molecule has 5 rings (SSSR count). The summed E-state index contributed by atoms with van der Waals surface area (Å²) in [6.45, 7) is 10.1. The SMILES string of the molecule is C=Cc1c2c(nc3ccccc13)O[C@@H]1C[C@@H](C(=O)OC)N(C1)C(=O)[C@H](C(C)(C)C)CC(=O)O[C@@H]1C[C@H]1CCCCC2. The van der Waals surface area contributed by atoms with Gasteiger partial charge in [0.2, 0.25) is 11.8 Å². The van der Waals surface area contributed by atoms with Gasteiger partial charge >= 0.3 is 11.9 Å². The van der Waals surface area contributed by atoms with Crippen LogP contribution in [0.5, 0.6) is 5.88 Å². The third-order valence-corrected chi connectivity index (χ3v) is 8.86. The Kier molecular flexibility index (Phi) is 8.39. The van der Waals surface area contributed by atoms with Gasteiger partial charge < -0.3 is 19.1 Å². The Morgan fingerprint density at radius 3 is 2.63 bits per heavy atom. The summed E-state index contributed by atoms with van der Waals surface area (Å²) < 4.78 is 17.5. The van der Waals surface area contributed by atoms with Crippen LogP contribution in [0.25, 0.3) is 17.0 Å². The van der Waals surface area contributed by atoms with Crippen molar-refractivity contribution in [1.29, 1.82) is 0 Å². The Morgan fingerprint density at radius 1 is 1.12 bits per heavy atom. The number of methoxy groups -OCH3 is 1. The Bertz CT molecular complexity index is 1330. The van der Waals surface area contributed by atoms with Crippen molar-refractivity contribution < 1.29 is 28.6 Å². The first-order chi connectivity index (χ1) is 19.6. The number of ether oxygens (including phenoxy) is 3. The van der Waals surface area contributed by atoms with E-state index >= 15 is 0 Å². The molecule has 1 saturated carbocycles. The second-order valence-corrected chi connectivity index (χ2v) is 12.8. The fourth-order valence-electron chi connectivity index (χ4n) is 6.37. The summed E-state index contributed by atoms with van der Waals surface area (Å²) in [5, 5.41) is 1.03. The van der Waals surface area contributed by atoms with Crippen molar-refractivity contribution in [3.05, 3.63) is 42.0 Å². The van der Waals surface area contributed by atoms with Gasteiger partial charge in [0.1, 0.15) is 18.2 Å². The lowest BCUT2D eigenvalue weighted by atomic mass is 9.77. The molecule has 0 N–H and O–H groups in total. The molecule has 41 heavy (non-hydrogen) atoms. The van der Waals surface area contributed by atoms with Gasteiger partial charge in [0.25, 0.3) is 0 Å². The fourth-order valence-corrected chi connectivity index (χ4v) is 6.37. The molecule has 220 valence electrons. The summed E-state index contributed by atoms with van der Waals surface area (Å²) in [4.78, 5) is 46.4. The maximum Gasteiger partial charge on any atom is 0.328 e. The van der Waals surface area contributed by atoms with Crippen LogP contribution >= 0.6 is 0 Å². The van der Waals surface area contributed by atoms with Gasteiger partial charge in [0.05, 0.1) is 31.5 Å². The molecule has 2 bridgehead atoms. The van der Waals surface area contributed by atoms with Gasteiger partial charge in [-0.2, -0.15) is 0 Å². The highest BCUT2D eigenvalue weighted by Crippen LogP contribution is 2.41. The summed E-state index contributed by atoms with van der Waals surface area (Å²) in [6, 6.07) is 7.14. The van der Waals surface area contributed by atoms with Crippen molar-refractivity contribution in [2.24, 2.45) is 17.3 Å². The van der Waals surface area contributed by atoms with Gasteiger partial charge in [-0.25, -0.2) is 9.78 Å². The zero-order chi connectivity index (χ0) is 29.3. The third kappa shape index (κ3) is 6.26. The smallest absolute Gasteiger partial charge is 0.328 e. The number of pyridine rings is 1. The second kappa shape index (κ2) is 11.8. The minimum Gasteiger partial charge on any atom is -0.472 e. The molecular formula is C33H42N2O6. The summed E-state index contributed by atoms with van der Waals surface area (Å²) in [5.74, 6) is -0.850. The number of nitrogens with zero attached hydrogens (tertiary/aromatic N) is 2. The van der Waals surface area contributed by atoms with Crippen LogP contribution in [0.2, 0.25) is 0 Å². The Morgan fingerprint density at radius 2 is 1.90 bits per heavy atom. The van der Waals surface area contributed by atoms with Crippen LogP contribution in [0.4, 0.5) is 0 Å². The fraction of sp³-hybridized carbons (Fsp3) is 0.576. The number of benzene rings is 1. The van der Waals surface area contributed by atoms with Crippen LogP contribution in [0.3, 0.4) is 0 Å². The Labute approximate surface area is 242 Å². The predicted molar refractivity (Wildman–Crippen MR) is 156 cm³/mol. The number of esters is 2. The maximum atomic E-state index is 14.1. The van der Waals surface area contributed by atoms with Crippen LogP contribution in [0.1, 0.15) is 76.8 Å². The molecule has 2 fully saturated rings. The van der Waals surface area contributed by atoms with E-state index in [9.17, 15) is 14.4 Å². The lowest BCUT2D eigenvalue weighted by Crippen LogP contribution is -2.47. The molecule has 2 aromatic rings. The number of hydrogen-bond acceptors (Lipinski definition) is 7. The van der Waals surface area contributed by atoms with E-state index < -0.39 is 29.4 Å². The van der Waals surface area contributed by atoms with Crippen LogP contribution < -0.4 is 4.74 Å². The van der Waals surface area contributed by atoms with Crippen molar-refractivity contribution in [1.82, 2.24) is 9.88 Å². The summed E-state index contributed by atoms with van der Waals surface area (Å²) >= 11 is 0. The van der Waals surface area contributed by atoms with E-state index in [1.807, 2.05) is 45.0 Å². The van der Waals surface area contributed by atoms with Gasteiger partial charge in [0.15, 0.2) is 0 Å². The van der Waals surface area contributed by atoms with Crippen LogP contribution in [0.15, 0.2) is 30.8 Å². The first kappa shape index (κ1) is 29.1. The average Bonchev–Trinajstić information content (AvgIpc) is 3.53. The van der Waals surface area contributed by atoms with Crippen molar-refractivity contribution in [3.8, 4) is 5.88 Å². The van der Waals surface area contributed by atoms with Crippen molar-refractivity contribution >= 4 is 34.8 Å². The molecule has 3 aliphatic rings. The number of carbonyl (C=O) groups excluding carboxylic acids is 3. The van der Waals surface area contributed by atoms with Gasteiger partial charge in [-0.05, 0) is 48.6 Å². The Hall–Kier alpha value is -3.42. The van der Waals surface area contributed by atoms with Crippen LogP contribution in [-0.4, -0.2) is 59.6 Å². The lowest BCUT2D eigenvalue weighted by molar-refractivity contribution is -0.157. The molecular weight excluding hydrogens is 520 g/mol. The minimum atomic E-state index is -0.809. The van der Waals surface area contributed by atoms with Crippen molar-refractivity contribution in [3.63, 3.8) is 0 Å². The molecule has 3 heterocycles. The third-order valence-electron chi connectivity index (χ3n) is 8.86. The topological polar surface area (TPSA) is 95.0 Å². The highest BCUT2D eigenvalue weighted by atomic mass is 16.5. The van der Waals surface area contributed by atoms with E-state index in [0.717, 1.165) is 60.6 Å². The Balaban J connectivity index is 1.52. The number of fused-ring (bicyclic) bond motifs is 5. The standard InChI is InChI=1S/C33H42N2O6/c1-6-22-23-13-10-11-15-26(23)34-30-24(22)14-9-7-8-12-20-16-28(20)41-29(36)18-25(33(2,3)4)31(37)35-19-21(40-30)17-27(35)32(38)39-5/h6,10-11,13,15,20-21,25,27-28H,1,7-9,12,14,16-19H2,2-5H3/t20-,21-,25-,27+,28-/m1/s1. The lowest BCUT2D eigenvalue weighted by Gasteiger charge is -2.34. The molecule has 1 saturated heterocycles. The molecule has 8 heteroatoms. The average molecular weight is 563 g/mol. The number of hydrogen-bond donors (Lipinski definition) is 0. The molecule has 0 unspecified atom stereocenters. The minimum absolute atomic E-state index is 0.0272. The molecule has 0 spiro atoms. The van der Waals surface area contributed by atoms with E-state index in [2.05, 4.69) is 12.6 Å². The van der Waals surface area contributed by atoms with Gasteiger partial charge in [-0.15, -0.1) is 0 Å². The second-order valence-electron chi connectivity index (χ2n) is 12.8. The molecule has 1 aromatic carbocycles. The maximum absolute atomic E-state index is 14.1.